The summed E-state index contributed by atoms with van der Waals surface area (Å²) in [4.78, 5) is 25.3. The van der Waals surface area contributed by atoms with E-state index in [-0.39, 0.29) is 5.91 Å². The molecule has 0 spiro atoms. The first kappa shape index (κ1) is 17.9. The van der Waals surface area contributed by atoms with Crippen LogP contribution in [0.3, 0.4) is 0 Å². The van der Waals surface area contributed by atoms with Crippen molar-refractivity contribution in [3.63, 3.8) is 0 Å². The molecule has 134 valence electrons. The van der Waals surface area contributed by atoms with E-state index in [1.807, 2.05) is 37.8 Å². The third-order valence-corrected chi connectivity index (χ3v) is 4.90. The molecule has 0 aromatic carbocycles. The van der Waals surface area contributed by atoms with Crippen LogP contribution in [-0.2, 0) is 11.3 Å². The average molecular weight is 361 g/mol. The number of thioether (sulfide) groups is 1. The molecule has 0 radical (unpaired) electrons. The van der Waals surface area contributed by atoms with Crippen molar-refractivity contribution in [3.8, 4) is 0 Å². The lowest BCUT2D eigenvalue weighted by atomic mass is 10.3. The molecule has 0 N–H and O–H groups in total. The Labute approximate surface area is 151 Å². The highest BCUT2D eigenvalue weighted by Crippen LogP contribution is 2.16. The van der Waals surface area contributed by atoms with Gasteiger partial charge in [-0.05, 0) is 26.8 Å². The Morgan fingerprint density at radius 2 is 1.76 bits per heavy atom. The summed E-state index contributed by atoms with van der Waals surface area (Å²) in [6.07, 6.45) is 0. The quantitative estimate of drug-likeness (QED) is 0.594. The van der Waals surface area contributed by atoms with E-state index in [1.165, 1.54) is 11.8 Å². The lowest BCUT2D eigenvalue weighted by Gasteiger charge is -2.34. The Bertz CT molecular complexity index is 720. The van der Waals surface area contributed by atoms with Crippen LogP contribution in [0.4, 0.5) is 0 Å². The molecule has 25 heavy (non-hydrogen) atoms. The van der Waals surface area contributed by atoms with Crippen LogP contribution in [0, 0.1) is 20.8 Å². The van der Waals surface area contributed by atoms with Crippen molar-refractivity contribution >= 4 is 17.7 Å². The summed E-state index contributed by atoms with van der Waals surface area (Å²) < 4.78 is 5.26. The summed E-state index contributed by atoms with van der Waals surface area (Å²) in [6.45, 7) is 9.70. The van der Waals surface area contributed by atoms with E-state index >= 15 is 0 Å². The summed E-state index contributed by atoms with van der Waals surface area (Å²) in [5.41, 5.74) is 2.76. The molecule has 1 amide bonds. The normalized spacial score (nSPS) is 15.6. The third-order valence-electron chi connectivity index (χ3n) is 4.07. The van der Waals surface area contributed by atoms with Crippen LogP contribution in [0.2, 0.25) is 0 Å². The molecule has 0 aliphatic carbocycles. The van der Waals surface area contributed by atoms with E-state index in [9.17, 15) is 4.79 Å². The number of aryl methyl sites for hydroxylation is 3. The number of piperazine rings is 1. The Hall–Kier alpha value is -1.93. The van der Waals surface area contributed by atoms with Gasteiger partial charge in [0.25, 0.3) is 0 Å². The van der Waals surface area contributed by atoms with Crippen LogP contribution < -0.4 is 0 Å². The monoisotopic (exact) mass is 361 g/mol. The minimum Gasteiger partial charge on any atom is -0.360 e. The average Bonchev–Trinajstić information content (AvgIpc) is 2.97. The van der Waals surface area contributed by atoms with E-state index in [0.717, 1.165) is 55.6 Å². The molecule has 1 aliphatic rings. The van der Waals surface area contributed by atoms with Crippen molar-refractivity contribution in [1.82, 2.24) is 24.9 Å². The van der Waals surface area contributed by atoms with Crippen LogP contribution in [0.5, 0.6) is 0 Å². The fraction of sp³-hybridized carbons (Fsp3) is 0.529. The van der Waals surface area contributed by atoms with Crippen molar-refractivity contribution in [3.05, 3.63) is 35.0 Å². The van der Waals surface area contributed by atoms with E-state index in [0.29, 0.717) is 10.9 Å². The topological polar surface area (TPSA) is 75.4 Å². The van der Waals surface area contributed by atoms with Crippen LogP contribution in [0.15, 0.2) is 21.8 Å². The van der Waals surface area contributed by atoms with Crippen molar-refractivity contribution in [1.29, 1.82) is 0 Å². The molecule has 7 nitrogen and oxygen atoms in total. The van der Waals surface area contributed by atoms with E-state index in [2.05, 4.69) is 20.0 Å². The van der Waals surface area contributed by atoms with Crippen molar-refractivity contribution in [2.45, 2.75) is 32.5 Å². The predicted octanol–water partition coefficient (Wildman–Crippen LogP) is 1.83. The van der Waals surface area contributed by atoms with Crippen molar-refractivity contribution in [2.24, 2.45) is 0 Å². The molecular formula is C17H23N5O2S. The highest BCUT2D eigenvalue weighted by atomic mass is 32.2. The van der Waals surface area contributed by atoms with Gasteiger partial charge in [0.05, 0.1) is 18.0 Å². The van der Waals surface area contributed by atoms with Crippen molar-refractivity contribution in [2.75, 3.05) is 31.9 Å². The number of nitrogens with zero attached hydrogens (tertiary/aromatic N) is 5. The molecular weight excluding hydrogens is 338 g/mol. The maximum atomic E-state index is 12.4. The Balaban J connectivity index is 1.45. The molecule has 2 aromatic heterocycles. The largest absolute Gasteiger partial charge is 0.360 e. The highest BCUT2D eigenvalue weighted by Gasteiger charge is 2.22. The van der Waals surface area contributed by atoms with Gasteiger partial charge in [0.1, 0.15) is 0 Å². The second-order valence-corrected chi connectivity index (χ2v) is 7.26. The van der Waals surface area contributed by atoms with Crippen LogP contribution in [-0.4, -0.2) is 62.8 Å². The highest BCUT2D eigenvalue weighted by molar-refractivity contribution is 7.99. The first-order valence-electron chi connectivity index (χ1n) is 8.37. The van der Waals surface area contributed by atoms with E-state index in [4.69, 9.17) is 4.52 Å². The molecule has 2 aromatic rings. The van der Waals surface area contributed by atoms with Gasteiger partial charge in [0.2, 0.25) is 5.91 Å². The summed E-state index contributed by atoms with van der Waals surface area (Å²) in [7, 11) is 0. The van der Waals surface area contributed by atoms with Gasteiger partial charge in [-0.3, -0.25) is 9.69 Å². The van der Waals surface area contributed by atoms with Crippen LogP contribution in [0.1, 0.15) is 22.8 Å². The summed E-state index contributed by atoms with van der Waals surface area (Å²) in [6, 6.07) is 3.89. The minimum absolute atomic E-state index is 0.142. The minimum atomic E-state index is 0.142. The molecule has 0 unspecified atom stereocenters. The zero-order valence-corrected chi connectivity index (χ0v) is 15.7. The molecule has 0 bridgehead atoms. The van der Waals surface area contributed by atoms with Gasteiger partial charge >= 0.3 is 0 Å². The summed E-state index contributed by atoms with van der Waals surface area (Å²) in [5, 5.41) is 4.58. The molecule has 0 atom stereocenters. The van der Waals surface area contributed by atoms with Gasteiger partial charge in [-0.1, -0.05) is 16.9 Å². The van der Waals surface area contributed by atoms with Gasteiger partial charge in [0, 0.05) is 43.6 Å². The first-order chi connectivity index (χ1) is 12.0. The Morgan fingerprint density at radius 3 is 2.36 bits per heavy atom. The number of hydrogen-bond acceptors (Lipinski definition) is 7. The summed E-state index contributed by atoms with van der Waals surface area (Å²) >= 11 is 1.41. The zero-order chi connectivity index (χ0) is 17.8. The number of carbonyl (C=O) groups excluding carboxylic acids is 1. The molecule has 0 saturated carbocycles. The van der Waals surface area contributed by atoms with Gasteiger partial charge < -0.3 is 9.42 Å². The smallest absolute Gasteiger partial charge is 0.233 e. The van der Waals surface area contributed by atoms with E-state index in [1.54, 1.807) is 0 Å². The SMILES string of the molecule is Cc1cc(CN2CCN(C(=O)CSc3nc(C)cc(C)n3)CC2)on1. The zero-order valence-electron chi connectivity index (χ0n) is 14.9. The fourth-order valence-electron chi connectivity index (χ4n) is 2.84. The van der Waals surface area contributed by atoms with Gasteiger partial charge in [-0.25, -0.2) is 9.97 Å². The maximum Gasteiger partial charge on any atom is 0.233 e. The molecule has 8 heteroatoms. The second-order valence-electron chi connectivity index (χ2n) is 6.31. The number of carbonyl (C=O) groups is 1. The predicted molar refractivity (Wildman–Crippen MR) is 95.3 cm³/mol. The van der Waals surface area contributed by atoms with Gasteiger partial charge in [-0.2, -0.15) is 0 Å². The van der Waals surface area contributed by atoms with Crippen molar-refractivity contribution < 1.29 is 9.32 Å². The third kappa shape index (κ3) is 5.02. The Kier molecular flexibility index (Phi) is 5.70. The fourth-order valence-corrected chi connectivity index (χ4v) is 3.69. The summed E-state index contributed by atoms with van der Waals surface area (Å²) in [5.74, 6) is 1.40. The molecule has 3 rings (SSSR count). The Morgan fingerprint density at radius 1 is 1.08 bits per heavy atom. The lowest BCUT2D eigenvalue weighted by molar-refractivity contribution is -0.130. The second kappa shape index (κ2) is 7.97. The maximum absolute atomic E-state index is 12.4. The lowest BCUT2D eigenvalue weighted by Crippen LogP contribution is -2.48. The standard InChI is InChI=1S/C17H23N5O2S/c1-12-8-13(2)19-17(18-12)25-11-16(23)22-6-4-21(5-7-22)10-15-9-14(3)20-24-15/h8-9H,4-7,10-11H2,1-3H3. The molecule has 3 heterocycles. The number of amides is 1. The first-order valence-corrected chi connectivity index (χ1v) is 9.35. The van der Waals surface area contributed by atoms with Gasteiger partial charge in [0.15, 0.2) is 10.9 Å². The van der Waals surface area contributed by atoms with Gasteiger partial charge in [-0.15, -0.1) is 0 Å². The number of aromatic nitrogens is 3. The molecule has 1 saturated heterocycles. The number of hydrogen-bond donors (Lipinski definition) is 0. The molecule has 1 aliphatic heterocycles. The number of rotatable bonds is 5. The van der Waals surface area contributed by atoms with Crippen LogP contribution >= 0.6 is 11.8 Å². The van der Waals surface area contributed by atoms with E-state index < -0.39 is 0 Å². The van der Waals surface area contributed by atoms with Crippen LogP contribution in [0.25, 0.3) is 0 Å². The molecule has 1 fully saturated rings.